The van der Waals surface area contributed by atoms with Gasteiger partial charge in [0.25, 0.3) is 0 Å². The number of nitrogens with zero attached hydrogens (tertiary/aromatic N) is 5. The van der Waals surface area contributed by atoms with Crippen LogP contribution in [0.1, 0.15) is 0 Å². The third-order valence-electron chi connectivity index (χ3n) is 4.96. The van der Waals surface area contributed by atoms with Crippen LogP contribution in [0.15, 0.2) is 48.9 Å². The summed E-state index contributed by atoms with van der Waals surface area (Å²) in [5.74, 6) is -2.97. The van der Waals surface area contributed by atoms with Crippen molar-refractivity contribution in [3.63, 3.8) is 0 Å². The fourth-order valence-electron chi connectivity index (χ4n) is 3.40. The van der Waals surface area contributed by atoms with Gasteiger partial charge in [-0.05, 0) is 6.07 Å². The summed E-state index contributed by atoms with van der Waals surface area (Å²) in [5.41, 5.74) is 1.50. The number of imidazole rings is 1. The number of ether oxygens (including phenoxy) is 1. The first-order valence-corrected chi connectivity index (χ1v) is 9.88. The molecule has 1 fully saturated rings. The summed E-state index contributed by atoms with van der Waals surface area (Å²) in [6.45, 7) is 2.38. The van der Waals surface area contributed by atoms with Crippen LogP contribution in [0, 0.1) is 17.5 Å². The lowest BCUT2D eigenvalue weighted by atomic mass is 10.3. The maximum Gasteiger partial charge on any atom is 0.231 e. The lowest BCUT2D eigenvalue weighted by Crippen LogP contribution is -2.36. The van der Waals surface area contributed by atoms with Crippen molar-refractivity contribution in [2.75, 3.05) is 41.8 Å². The van der Waals surface area contributed by atoms with E-state index in [2.05, 4.69) is 25.6 Å². The van der Waals surface area contributed by atoms with Crippen molar-refractivity contribution in [2.24, 2.45) is 0 Å². The number of anilines is 5. The molecule has 32 heavy (non-hydrogen) atoms. The highest BCUT2D eigenvalue weighted by atomic mass is 19.2. The fourth-order valence-corrected chi connectivity index (χ4v) is 3.40. The smallest absolute Gasteiger partial charge is 0.231 e. The van der Waals surface area contributed by atoms with Crippen molar-refractivity contribution in [2.45, 2.75) is 0 Å². The molecular weight excluding hydrogens is 423 g/mol. The number of fused-ring (bicyclic) bond motifs is 1. The van der Waals surface area contributed by atoms with Gasteiger partial charge >= 0.3 is 0 Å². The van der Waals surface area contributed by atoms with Gasteiger partial charge in [-0.2, -0.15) is 9.97 Å². The minimum atomic E-state index is -1.53. The second-order valence-corrected chi connectivity index (χ2v) is 7.15. The monoisotopic (exact) mass is 441 g/mol. The summed E-state index contributed by atoms with van der Waals surface area (Å²) in [6.07, 6.45) is 5.39. The number of halogens is 3. The van der Waals surface area contributed by atoms with E-state index in [1.54, 1.807) is 12.3 Å². The SMILES string of the molecule is Fc1cc(Nc2nc(Nc3ccn4ccnc4c3)cc(N3CCOCC3)n2)cc(F)c1F. The van der Waals surface area contributed by atoms with E-state index in [9.17, 15) is 13.2 Å². The average molecular weight is 441 g/mol. The van der Waals surface area contributed by atoms with Crippen LogP contribution in [0.4, 0.5) is 42.1 Å². The summed E-state index contributed by atoms with van der Waals surface area (Å²) < 4.78 is 47.9. The predicted octanol–water partition coefficient (Wildman–Crippen LogP) is 3.87. The molecule has 1 aromatic carbocycles. The number of hydrogen-bond donors (Lipinski definition) is 2. The van der Waals surface area contributed by atoms with Gasteiger partial charge in [-0.15, -0.1) is 0 Å². The minimum Gasteiger partial charge on any atom is -0.378 e. The van der Waals surface area contributed by atoms with E-state index in [1.165, 1.54) is 0 Å². The second-order valence-electron chi connectivity index (χ2n) is 7.15. The minimum absolute atomic E-state index is 0.00900. The number of rotatable bonds is 5. The number of aromatic nitrogens is 4. The van der Waals surface area contributed by atoms with E-state index in [-0.39, 0.29) is 11.6 Å². The number of benzene rings is 1. The Kier molecular flexibility index (Phi) is 5.23. The first-order chi connectivity index (χ1) is 15.5. The van der Waals surface area contributed by atoms with Gasteiger partial charge in [0.05, 0.1) is 13.2 Å². The molecule has 0 saturated carbocycles. The molecule has 1 saturated heterocycles. The molecule has 1 aliphatic rings. The highest BCUT2D eigenvalue weighted by Gasteiger charge is 2.17. The molecule has 1 aliphatic heterocycles. The van der Waals surface area contributed by atoms with Crippen LogP contribution in [0.25, 0.3) is 5.65 Å². The third kappa shape index (κ3) is 4.14. The summed E-state index contributed by atoms with van der Waals surface area (Å²) in [7, 11) is 0. The zero-order valence-corrected chi connectivity index (χ0v) is 16.7. The molecule has 164 valence electrons. The Morgan fingerprint density at radius 2 is 1.66 bits per heavy atom. The molecule has 4 aromatic rings. The van der Waals surface area contributed by atoms with Crippen LogP contribution in [0.5, 0.6) is 0 Å². The number of morpholine rings is 1. The molecule has 2 N–H and O–H groups in total. The number of pyridine rings is 1. The van der Waals surface area contributed by atoms with E-state index in [0.717, 1.165) is 23.5 Å². The maximum absolute atomic E-state index is 13.6. The van der Waals surface area contributed by atoms with Gasteiger partial charge in [0.1, 0.15) is 17.3 Å². The van der Waals surface area contributed by atoms with Gasteiger partial charge in [0, 0.05) is 67.3 Å². The molecule has 4 heterocycles. The Morgan fingerprint density at radius 1 is 0.875 bits per heavy atom. The summed E-state index contributed by atoms with van der Waals surface area (Å²) >= 11 is 0. The molecule has 0 bridgehead atoms. The van der Waals surface area contributed by atoms with Gasteiger partial charge in [0.15, 0.2) is 17.5 Å². The predicted molar refractivity (Wildman–Crippen MR) is 113 cm³/mol. The molecule has 5 rings (SSSR count). The molecule has 0 spiro atoms. The third-order valence-corrected chi connectivity index (χ3v) is 4.96. The average Bonchev–Trinajstić information content (AvgIpc) is 3.26. The highest BCUT2D eigenvalue weighted by Crippen LogP contribution is 2.26. The topological polar surface area (TPSA) is 79.6 Å². The van der Waals surface area contributed by atoms with Crippen LogP contribution in [-0.2, 0) is 4.74 Å². The Labute approximate surface area is 180 Å². The quantitative estimate of drug-likeness (QED) is 0.455. The second kappa shape index (κ2) is 8.35. The van der Waals surface area contributed by atoms with Crippen molar-refractivity contribution in [3.05, 3.63) is 66.4 Å². The lowest BCUT2D eigenvalue weighted by molar-refractivity contribution is 0.122. The van der Waals surface area contributed by atoms with Crippen LogP contribution in [-0.4, -0.2) is 45.7 Å². The highest BCUT2D eigenvalue weighted by molar-refractivity contribution is 5.66. The zero-order valence-electron chi connectivity index (χ0n) is 16.7. The Morgan fingerprint density at radius 3 is 2.44 bits per heavy atom. The van der Waals surface area contributed by atoms with Gasteiger partial charge < -0.3 is 24.7 Å². The zero-order chi connectivity index (χ0) is 22.1. The summed E-state index contributed by atoms with van der Waals surface area (Å²) in [5, 5.41) is 5.97. The molecule has 0 unspecified atom stereocenters. The summed E-state index contributed by atoms with van der Waals surface area (Å²) in [6, 6.07) is 7.19. The number of hydrogen-bond acceptors (Lipinski definition) is 7. The maximum atomic E-state index is 13.6. The Hall–Kier alpha value is -3.86. The first-order valence-electron chi connectivity index (χ1n) is 9.88. The molecule has 0 atom stereocenters. The van der Waals surface area contributed by atoms with Crippen molar-refractivity contribution in [1.29, 1.82) is 0 Å². The molecule has 3 aromatic heterocycles. The van der Waals surface area contributed by atoms with E-state index >= 15 is 0 Å². The molecule has 0 aliphatic carbocycles. The van der Waals surface area contributed by atoms with E-state index < -0.39 is 17.5 Å². The van der Waals surface area contributed by atoms with Crippen LogP contribution >= 0.6 is 0 Å². The lowest BCUT2D eigenvalue weighted by Gasteiger charge is -2.28. The molecular formula is C21H18F3N7O. The van der Waals surface area contributed by atoms with E-state index in [4.69, 9.17) is 4.74 Å². The van der Waals surface area contributed by atoms with Crippen molar-refractivity contribution < 1.29 is 17.9 Å². The van der Waals surface area contributed by atoms with Crippen LogP contribution in [0.2, 0.25) is 0 Å². The van der Waals surface area contributed by atoms with E-state index in [1.807, 2.05) is 33.8 Å². The fraction of sp³-hybridized carbons (Fsp3) is 0.190. The largest absolute Gasteiger partial charge is 0.378 e. The molecule has 0 amide bonds. The standard InChI is InChI=1S/C21H18F3N7O/c22-15-9-14(10-16(23)20(15)24)27-21-28-17(12-19(29-21)31-5-7-32-8-6-31)26-13-1-3-30-4-2-25-18(30)11-13/h1-4,9-12H,5-8H2,(H2,26,27,28,29). The van der Waals surface area contributed by atoms with Gasteiger partial charge in [-0.1, -0.05) is 0 Å². The Balaban J connectivity index is 1.49. The first kappa shape index (κ1) is 20.1. The van der Waals surface area contributed by atoms with Gasteiger partial charge in [-0.3, -0.25) is 0 Å². The van der Waals surface area contributed by atoms with Gasteiger partial charge in [0.2, 0.25) is 5.95 Å². The van der Waals surface area contributed by atoms with Crippen molar-refractivity contribution in [1.82, 2.24) is 19.4 Å². The number of nitrogens with one attached hydrogen (secondary N) is 2. The normalized spacial score (nSPS) is 14.0. The van der Waals surface area contributed by atoms with Crippen molar-refractivity contribution >= 4 is 34.6 Å². The van der Waals surface area contributed by atoms with Crippen LogP contribution in [0.3, 0.4) is 0 Å². The molecule has 0 radical (unpaired) electrons. The van der Waals surface area contributed by atoms with Crippen LogP contribution < -0.4 is 15.5 Å². The van der Waals surface area contributed by atoms with E-state index in [0.29, 0.717) is 37.9 Å². The van der Waals surface area contributed by atoms with Gasteiger partial charge in [-0.25, -0.2) is 18.2 Å². The molecule has 8 nitrogen and oxygen atoms in total. The molecule has 11 heteroatoms. The Bertz CT molecular complexity index is 1250. The summed E-state index contributed by atoms with van der Waals surface area (Å²) in [4.78, 5) is 15.2. The van der Waals surface area contributed by atoms with Crippen molar-refractivity contribution in [3.8, 4) is 0 Å².